The van der Waals surface area contributed by atoms with Crippen LogP contribution in [-0.4, -0.2) is 18.1 Å². The van der Waals surface area contributed by atoms with Crippen LogP contribution in [0.25, 0.3) is 10.9 Å². The molecule has 2 aromatic rings. The predicted octanol–water partition coefficient (Wildman–Crippen LogP) is 2.56. The van der Waals surface area contributed by atoms with Crippen molar-refractivity contribution in [1.29, 1.82) is 0 Å². The second-order valence-electron chi connectivity index (χ2n) is 2.85. The minimum Gasteiger partial charge on any atom is -0.465 e. The molecule has 0 saturated carbocycles. The third-order valence-electron chi connectivity index (χ3n) is 2.05. The molecule has 0 aliphatic heterocycles. The van der Waals surface area contributed by atoms with Crippen LogP contribution in [0.5, 0.6) is 0 Å². The van der Waals surface area contributed by atoms with Crippen LogP contribution in [0.1, 0.15) is 10.4 Å². The van der Waals surface area contributed by atoms with Gasteiger partial charge >= 0.3 is 5.97 Å². The molecule has 1 N–H and O–H groups in total. The Morgan fingerprint density at radius 3 is 2.86 bits per heavy atom. The van der Waals surface area contributed by atoms with Crippen molar-refractivity contribution in [2.75, 3.05) is 7.11 Å². The highest BCUT2D eigenvalue weighted by Gasteiger charge is 2.16. The summed E-state index contributed by atoms with van der Waals surface area (Å²) < 4.78 is 5.54. The molecule has 0 radical (unpaired) electrons. The van der Waals surface area contributed by atoms with E-state index in [0.29, 0.717) is 5.56 Å². The average Bonchev–Trinajstić information content (AvgIpc) is 2.53. The van der Waals surface area contributed by atoms with E-state index in [1.54, 1.807) is 0 Å². The van der Waals surface area contributed by atoms with Crippen LogP contribution in [0.3, 0.4) is 0 Å². The van der Waals surface area contributed by atoms with Crippen molar-refractivity contribution in [2.24, 2.45) is 0 Å². The van der Waals surface area contributed by atoms with E-state index in [4.69, 9.17) is 4.74 Å². The maximum Gasteiger partial charge on any atom is 0.341 e. The predicted molar refractivity (Wildman–Crippen MR) is 62.4 cm³/mol. The van der Waals surface area contributed by atoms with Gasteiger partial charge in [0, 0.05) is 10.9 Å². The molecule has 0 aliphatic carbocycles. The highest BCUT2D eigenvalue weighted by Crippen LogP contribution is 2.23. The zero-order valence-corrected chi connectivity index (χ0v) is 9.66. The number of carbonyl (C=O) groups is 1. The number of hydrogen-bond acceptors (Lipinski definition) is 2. The van der Waals surface area contributed by atoms with E-state index < -0.39 is 0 Å². The van der Waals surface area contributed by atoms with Crippen LogP contribution < -0.4 is 0 Å². The highest BCUT2D eigenvalue weighted by molar-refractivity contribution is 14.1. The number of methoxy groups -OCH3 is 1. The molecule has 1 aromatic heterocycles. The summed E-state index contributed by atoms with van der Waals surface area (Å²) in [7, 11) is 1.39. The molecule has 0 amide bonds. The monoisotopic (exact) mass is 301 g/mol. The number of fused-ring (bicyclic) bond motifs is 1. The Kier molecular flexibility index (Phi) is 2.45. The van der Waals surface area contributed by atoms with Crippen LogP contribution in [0.4, 0.5) is 0 Å². The first-order chi connectivity index (χ1) is 6.74. The quantitative estimate of drug-likeness (QED) is 0.650. The second-order valence-corrected chi connectivity index (χ2v) is 3.93. The summed E-state index contributed by atoms with van der Waals surface area (Å²) in [6.45, 7) is 0. The summed E-state index contributed by atoms with van der Waals surface area (Å²) in [6, 6.07) is 7.67. The largest absolute Gasteiger partial charge is 0.465 e. The lowest BCUT2D eigenvalue weighted by atomic mass is 10.2. The number of nitrogens with one attached hydrogen (secondary N) is 1. The van der Waals surface area contributed by atoms with Gasteiger partial charge in [-0.05, 0) is 28.7 Å². The van der Waals surface area contributed by atoms with Crippen molar-refractivity contribution in [3.63, 3.8) is 0 Å². The smallest absolute Gasteiger partial charge is 0.341 e. The SMILES string of the molecule is COC(=O)c1c(I)[nH]c2ccccc12. The third-order valence-corrected chi connectivity index (χ3v) is 2.86. The summed E-state index contributed by atoms with van der Waals surface area (Å²) in [4.78, 5) is 14.6. The number of ether oxygens (including phenoxy) is 1. The van der Waals surface area contributed by atoms with Gasteiger partial charge in [-0.15, -0.1) is 0 Å². The van der Waals surface area contributed by atoms with Gasteiger partial charge in [0.25, 0.3) is 0 Å². The molecule has 2 rings (SSSR count). The van der Waals surface area contributed by atoms with Gasteiger partial charge in [-0.1, -0.05) is 18.2 Å². The van der Waals surface area contributed by atoms with Crippen molar-refractivity contribution >= 4 is 39.5 Å². The maximum absolute atomic E-state index is 11.5. The van der Waals surface area contributed by atoms with E-state index in [0.717, 1.165) is 14.6 Å². The number of aromatic nitrogens is 1. The Balaban J connectivity index is 2.74. The van der Waals surface area contributed by atoms with Crippen molar-refractivity contribution in [2.45, 2.75) is 0 Å². The van der Waals surface area contributed by atoms with E-state index in [1.165, 1.54) is 7.11 Å². The Morgan fingerprint density at radius 1 is 1.43 bits per heavy atom. The van der Waals surface area contributed by atoms with Crippen molar-refractivity contribution in [3.05, 3.63) is 33.5 Å². The minimum atomic E-state index is -0.299. The number of carbonyl (C=O) groups excluding carboxylic acids is 1. The van der Waals surface area contributed by atoms with Crippen molar-refractivity contribution < 1.29 is 9.53 Å². The number of benzene rings is 1. The van der Waals surface area contributed by atoms with E-state index in [-0.39, 0.29) is 5.97 Å². The summed E-state index contributed by atoms with van der Waals surface area (Å²) >= 11 is 2.10. The first-order valence-corrected chi connectivity index (χ1v) is 5.16. The molecule has 0 fully saturated rings. The molecule has 0 unspecified atom stereocenters. The molecule has 1 heterocycles. The molecule has 0 bridgehead atoms. The third kappa shape index (κ3) is 1.39. The first-order valence-electron chi connectivity index (χ1n) is 4.08. The molecule has 0 spiro atoms. The second kappa shape index (κ2) is 3.61. The van der Waals surface area contributed by atoms with Crippen molar-refractivity contribution in [3.8, 4) is 0 Å². The van der Waals surface area contributed by atoms with E-state index >= 15 is 0 Å². The zero-order valence-electron chi connectivity index (χ0n) is 7.50. The molecule has 1 aromatic carbocycles. The number of esters is 1. The normalized spacial score (nSPS) is 10.4. The number of hydrogen-bond donors (Lipinski definition) is 1. The molecule has 72 valence electrons. The number of para-hydroxylation sites is 1. The van der Waals surface area contributed by atoms with Gasteiger partial charge in [-0.2, -0.15) is 0 Å². The Labute approximate surface area is 94.6 Å². The lowest BCUT2D eigenvalue weighted by Crippen LogP contribution is -2.01. The summed E-state index contributed by atoms with van der Waals surface area (Å²) in [6.07, 6.45) is 0. The van der Waals surface area contributed by atoms with Gasteiger partial charge in [0.15, 0.2) is 0 Å². The number of aromatic amines is 1. The van der Waals surface area contributed by atoms with Gasteiger partial charge < -0.3 is 9.72 Å². The zero-order chi connectivity index (χ0) is 10.1. The van der Waals surface area contributed by atoms with Gasteiger partial charge in [0.05, 0.1) is 16.4 Å². The first kappa shape index (κ1) is 9.51. The van der Waals surface area contributed by atoms with E-state index in [2.05, 4.69) is 27.6 Å². The summed E-state index contributed by atoms with van der Waals surface area (Å²) in [5, 5.41) is 0.906. The topological polar surface area (TPSA) is 42.1 Å². The fourth-order valence-corrected chi connectivity index (χ4v) is 2.21. The Hall–Kier alpha value is -1.04. The number of rotatable bonds is 1. The lowest BCUT2D eigenvalue weighted by Gasteiger charge is -1.96. The number of H-pyrrole nitrogens is 1. The highest BCUT2D eigenvalue weighted by atomic mass is 127. The van der Waals surface area contributed by atoms with Crippen LogP contribution in [0.15, 0.2) is 24.3 Å². The van der Waals surface area contributed by atoms with Crippen LogP contribution >= 0.6 is 22.6 Å². The van der Waals surface area contributed by atoms with Crippen molar-refractivity contribution in [1.82, 2.24) is 4.98 Å². The molecule has 0 saturated heterocycles. The number of halogens is 1. The van der Waals surface area contributed by atoms with E-state index in [9.17, 15) is 4.79 Å². The lowest BCUT2D eigenvalue weighted by molar-refractivity contribution is 0.0602. The van der Waals surface area contributed by atoms with Gasteiger partial charge in [0.1, 0.15) is 0 Å². The van der Waals surface area contributed by atoms with E-state index in [1.807, 2.05) is 24.3 Å². The van der Waals surface area contributed by atoms with Crippen LogP contribution in [0, 0.1) is 3.70 Å². The van der Waals surface area contributed by atoms with Crippen LogP contribution in [-0.2, 0) is 4.74 Å². The molecule has 14 heavy (non-hydrogen) atoms. The summed E-state index contributed by atoms with van der Waals surface area (Å²) in [5.74, 6) is -0.299. The Morgan fingerprint density at radius 2 is 2.14 bits per heavy atom. The molecule has 0 atom stereocenters. The molecule has 4 heteroatoms. The minimum absolute atomic E-state index is 0.299. The fourth-order valence-electron chi connectivity index (χ4n) is 1.41. The van der Waals surface area contributed by atoms with Gasteiger partial charge in [-0.3, -0.25) is 0 Å². The average molecular weight is 301 g/mol. The molecular formula is C10H8INO2. The fraction of sp³-hybridized carbons (Fsp3) is 0.100. The van der Waals surface area contributed by atoms with Gasteiger partial charge in [-0.25, -0.2) is 4.79 Å². The standard InChI is InChI=1S/C10H8INO2/c1-14-10(13)8-6-4-2-3-5-7(6)12-9(8)11/h2-5,12H,1H3. The van der Waals surface area contributed by atoms with Crippen LogP contribution in [0.2, 0.25) is 0 Å². The molecule has 0 aliphatic rings. The Bertz CT molecular complexity index is 490. The molecule has 3 nitrogen and oxygen atoms in total. The maximum atomic E-state index is 11.5. The summed E-state index contributed by atoms with van der Waals surface area (Å²) in [5.41, 5.74) is 1.57. The molecular weight excluding hydrogens is 293 g/mol. The van der Waals surface area contributed by atoms with Gasteiger partial charge in [0.2, 0.25) is 0 Å².